The fourth-order valence-electron chi connectivity index (χ4n) is 5.09. The van der Waals surface area contributed by atoms with Gasteiger partial charge in [-0.15, -0.1) is 0 Å². The molecular formula is C34H20O. The van der Waals surface area contributed by atoms with Crippen molar-refractivity contribution in [2.45, 2.75) is 0 Å². The molecule has 35 heavy (non-hydrogen) atoms. The normalized spacial score (nSPS) is 16.4. The van der Waals surface area contributed by atoms with E-state index in [4.69, 9.17) is 16.8 Å². The summed E-state index contributed by atoms with van der Waals surface area (Å²) in [6.45, 7) is 0. The van der Waals surface area contributed by atoms with E-state index in [1.54, 1.807) is 18.2 Å². The van der Waals surface area contributed by atoms with Crippen molar-refractivity contribution >= 4 is 65.0 Å². The summed E-state index contributed by atoms with van der Waals surface area (Å²) in [7, 11) is 0. The molecular weight excluding hydrogens is 424 g/mol. The molecule has 0 N–H and O–H groups in total. The zero-order valence-electron chi connectivity index (χ0n) is 29.1. The van der Waals surface area contributed by atoms with E-state index >= 15 is 0 Å². The van der Waals surface area contributed by atoms with Crippen molar-refractivity contribution in [1.29, 1.82) is 0 Å². The molecule has 1 heteroatoms. The first kappa shape index (κ1) is 11.2. The van der Waals surface area contributed by atoms with Crippen LogP contribution in [0.25, 0.3) is 76.2 Å². The summed E-state index contributed by atoms with van der Waals surface area (Å²) in [6.07, 6.45) is 0. The summed E-state index contributed by atoms with van der Waals surface area (Å²) in [5.41, 5.74) is 1.66. The fourth-order valence-corrected chi connectivity index (χ4v) is 5.09. The Morgan fingerprint density at radius 2 is 1.34 bits per heavy atom. The van der Waals surface area contributed by atoms with Gasteiger partial charge in [-0.2, -0.15) is 0 Å². The highest BCUT2D eigenvalue weighted by atomic mass is 16.3. The zero-order valence-corrected chi connectivity index (χ0v) is 18.1. The van der Waals surface area contributed by atoms with Gasteiger partial charge in [0, 0.05) is 16.2 Å². The van der Waals surface area contributed by atoms with Crippen LogP contribution in [0.15, 0.2) is 125 Å². The Labute approximate surface area is 217 Å². The molecule has 162 valence electrons. The molecule has 0 bridgehead atoms. The molecule has 0 saturated carbocycles. The van der Waals surface area contributed by atoms with Crippen LogP contribution in [0.5, 0.6) is 0 Å². The number of furan rings is 1. The van der Waals surface area contributed by atoms with Gasteiger partial charge in [-0.1, -0.05) is 103 Å². The van der Waals surface area contributed by atoms with Crippen molar-refractivity contribution in [1.82, 2.24) is 0 Å². The van der Waals surface area contributed by atoms with E-state index in [2.05, 4.69) is 0 Å². The smallest absolute Gasteiger partial charge is 0.143 e. The lowest BCUT2D eigenvalue weighted by Crippen LogP contribution is -1.88. The topological polar surface area (TPSA) is 13.1 Å². The lowest BCUT2D eigenvalue weighted by molar-refractivity contribution is 0.673. The van der Waals surface area contributed by atoms with Gasteiger partial charge in [0.05, 0.1) is 15.1 Å². The van der Waals surface area contributed by atoms with Gasteiger partial charge in [0.1, 0.15) is 11.2 Å². The second kappa shape index (κ2) is 6.94. The molecule has 1 nitrogen and oxygen atoms in total. The monoisotopic (exact) mass is 455 g/mol. The average Bonchev–Trinajstić information content (AvgIpc) is 3.45. The molecule has 0 aliphatic heterocycles. The molecule has 0 radical (unpaired) electrons. The van der Waals surface area contributed by atoms with Crippen LogP contribution < -0.4 is 0 Å². The van der Waals surface area contributed by atoms with Gasteiger partial charge < -0.3 is 4.42 Å². The minimum Gasteiger partial charge on any atom is -0.455 e. The number of hydrogen-bond acceptors (Lipinski definition) is 1. The minimum absolute atomic E-state index is 0.0206. The van der Waals surface area contributed by atoms with E-state index in [0.717, 1.165) is 10.8 Å². The van der Waals surface area contributed by atoms with E-state index < -0.39 is 66.5 Å². The van der Waals surface area contributed by atoms with Crippen LogP contribution in [0.1, 0.15) is 15.1 Å². The molecule has 0 saturated heterocycles. The van der Waals surface area contributed by atoms with Crippen LogP contribution in [0, 0.1) is 0 Å². The maximum atomic E-state index is 9.33. The molecule has 0 amide bonds. The molecule has 7 aromatic carbocycles. The molecule has 0 aliphatic carbocycles. The summed E-state index contributed by atoms with van der Waals surface area (Å²) in [4.78, 5) is 0. The highest BCUT2D eigenvalue weighted by Gasteiger charge is 2.18. The summed E-state index contributed by atoms with van der Waals surface area (Å²) in [5.74, 6) is 0. The van der Waals surface area contributed by atoms with Gasteiger partial charge in [-0.05, 0) is 67.0 Å². The molecule has 1 heterocycles. The van der Waals surface area contributed by atoms with Gasteiger partial charge in [0.2, 0.25) is 0 Å². The molecule has 0 fully saturated rings. The highest BCUT2D eigenvalue weighted by molar-refractivity contribution is 6.26. The highest BCUT2D eigenvalue weighted by Crippen LogP contribution is 2.45. The first-order valence-electron chi connectivity index (χ1n) is 16.6. The molecule has 8 aromatic rings. The largest absolute Gasteiger partial charge is 0.455 e. The van der Waals surface area contributed by atoms with Crippen LogP contribution in [0.3, 0.4) is 0 Å². The number of hydrogen-bond donors (Lipinski definition) is 0. The van der Waals surface area contributed by atoms with Crippen LogP contribution in [-0.4, -0.2) is 0 Å². The van der Waals surface area contributed by atoms with Crippen molar-refractivity contribution in [3.63, 3.8) is 0 Å². The van der Waals surface area contributed by atoms with Crippen LogP contribution in [0.2, 0.25) is 0 Å². The third kappa shape index (κ3) is 2.58. The van der Waals surface area contributed by atoms with E-state index in [1.165, 1.54) is 0 Å². The van der Waals surface area contributed by atoms with E-state index in [-0.39, 0.29) is 37.9 Å². The lowest BCUT2D eigenvalue weighted by Gasteiger charge is -2.15. The van der Waals surface area contributed by atoms with Crippen molar-refractivity contribution in [3.05, 3.63) is 121 Å². The van der Waals surface area contributed by atoms with E-state index in [9.17, 15) is 2.74 Å². The summed E-state index contributed by atoms with van der Waals surface area (Å²) < 4.78 is 103. The number of benzene rings is 7. The first-order valence-corrected chi connectivity index (χ1v) is 11.1. The Kier molecular flexibility index (Phi) is 2.22. The molecule has 0 unspecified atom stereocenters. The number of rotatable bonds is 1. The van der Waals surface area contributed by atoms with Gasteiger partial charge in [0.25, 0.3) is 0 Å². The molecule has 0 spiro atoms. The SMILES string of the molecule is [2H]c1c([2H])c([2H])c2c([2H])c3c(c([2H])c([2H])c4c([2H])c([2H])c([2H])c([2H])c43)c(-c3cccc4oc5c6ccccc6ccc5c34)c2c1[2H]. The Hall–Kier alpha value is -4.62. The van der Waals surface area contributed by atoms with Crippen LogP contribution >= 0.6 is 0 Å². The summed E-state index contributed by atoms with van der Waals surface area (Å²) >= 11 is 0. The van der Waals surface area contributed by atoms with Crippen LogP contribution in [0.4, 0.5) is 0 Å². The third-order valence-electron chi connectivity index (χ3n) is 6.59. The van der Waals surface area contributed by atoms with Crippen LogP contribution in [-0.2, 0) is 0 Å². The van der Waals surface area contributed by atoms with Gasteiger partial charge in [-0.25, -0.2) is 0 Å². The number of fused-ring (bicyclic) bond motifs is 9. The Morgan fingerprint density at radius 1 is 0.514 bits per heavy atom. The second-order valence-electron chi connectivity index (χ2n) is 8.44. The van der Waals surface area contributed by atoms with Gasteiger partial charge in [-0.3, -0.25) is 0 Å². The average molecular weight is 456 g/mol. The molecule has 1 aromatic heterocycles. The molecule has 0 atom stereocenters. The third-order valence-corrected chi connectivity index (χ3v) is 6.59. The first-order chi connectivity index (χ1) is 22.0. The van der Waals surface area contributed by atoms with Crippen molar-refractivity contribution in [2.24, 2.45) is 0 Å². The minimum atomic E-state index is -0.582. The second-order valence-corrected chi connectivity index (χ2v) is 8.44. The van der Waals surface area contributed by atoms with Gasteiger partial charge >= 0.3 is 0 Å². The van der Waals surface area contributed by atoms with Gasteiger partial charge in [0.15, 0.2) is 0 Å². The van der Waals surface area contributed by atoms with Crippen molar-refractivity contribution in [2.75, 3.05) is 0 Å². The molecule has 8 rings (SSSR count). The maximum absolute atomic E-state index is 9.33. The summed E-state index contributed by atoms with van der Waals surface area (Å²) in [6, 6.07) is 11.2. The summed E-state index contributed by atoms with van der Waals surface area (Å²) in [5, 5.41) is 2.43. The Morgan fingerprint density at radius 3 is 2.29 bits per heavy atom. The predicted octanol–water partition coefficient (Wildman–Crippen LogP) is 9.87. The Balaban J connectivity index is 1.74. The maximum Gasteiger partial charge on any atom is 0.143 e. The predicted molar refractivity (Wildman–Crippen MR) is 149 cm³/mol. The zero-order chi connectivity index (χ0) is 32.5. The van der Waals surface area contributed by atoms with Crippen molar-refractivity contribution in [3.8, 4) is 11.1 Å². The fraction of sp³-hybridized carbons (Fsp3) is 0. The van der Waals surface area contributed by atoms with Crippen molar-refractivity contribution < 1.29 is 19.5 Å². The van der Waals surface area contributed by atoms with E-state index in [1.807, 2.05) is 36.4 Å². The van der Waals surface area contributed by atoms with E-state index in [0.29, 0.717) is 27.5 Å². The standard InChI is InChI=1S/C34H20O/c1-4-11-24-21(8-1)16-18-27-30(24)20-23-10-3-5-12-25(23)32(27)28-14-7-15-31-33(28)29-19-17-22-9-2-6-13-26(22)34(29)35-31/h1-20H/i1D,3D,4D,5D,8D,10D,11D,12D,16D,18D,20D. The Bertz CT molecular complexity index is 2710. The molecule has 0 aliphatic rings. The lowest BCUT2D eigenvalue weighted by atomic mass is 9.88. The quantitative estimate of drug-likeness (QED) is 0.177.